The third-order valence-electron chi connectivity index (χ3n) is 3.87. The van der Waals surface area contributed by atoms with Gasteiger partial charge in [-0.2, -0.15) is 5.26 Å². The van der Waals surface area contributed by atoms with Crippen LogP contribution in [-0.2, 0) is 0 Å². The van der Waals surface area contributed by atoms with Crippen molar-refractivity contribution in [1.29, 1.82) is 5.26 Å². The molecular formula is C14H17N3O. The Balaban J connectivity index is 2.08. The number of benzene rings is 1. The van der Waals surface area contributed by atoms with Crippen molar-refractivity contribution in [3.8, 4) is 11.8 Å². The lowest BCUT2D eigenvalue weighted by molar-refractivity contribution is 0.287. The molecule has 0 amide bonds. The Hall–Kier alpha value is -1.57. The van der Waals surface area contributed by atoms with Gasteiger partial charge < -0.3 is 4.74 Å². The standard InChI is InChI=1S/C14H17N3O/c1-8-5-9(2)14-11(6-8)13-10(3-4-18-14)12(7-15)16-17-13/h5-6,10,12-13,16-17H,3-4H2,1-2H3. The Kier molecular flexibility index (Phi) is 2.73. The summed E-state index contributed by atoms with van der Waals surface area (Å²) in [7, 11) is 0. The highest BCUT2D eigenvalue weighted by Crippen LogP contribution is 2.40. The highest BCUT2D eigenvalue weighted by molar-refractivity contribution is 5.47. The summed E-state index contributed by atoms with van der Waals surface area (Å²) < 4.78 is 5.89. The van der Waals surface area contributed by atoms with E-state index in [2.05, 4.69) is 42.9 Å². The summed E-state index contributed by atoms with van der Waals surface area (Å²) in [6.07, 6.45) is 0.899. The SMILES string of the molecule is Cc1cc(C)c2c(c1)C1NNC(C#N)C1CCO2. The smallest absolute Gasteiger partial charge is 0.127 e. The van der Waals surface area contributed by atoms with E-state index in [-0.39, 0.29) is 18.0 Å². The second-order valence-corrected chi connectivity index (χ2v) is 5.17. The highest BCUT2D eigenvalue weighted by Gasteiger charge is 2.39. The minimum atomic E-state index is -0.134. The quantitative estimate of drug-likeness (QED) is 0.729. The highest BCUT2D eigenvalue weighted by atomic mass is 16.5. The van der Waals surface area contributed by atoms with Crippen molar-refractivity contribution in [3.63, 3.8) is 0 Å². The maximum absolute atomic E-state index is 9.16. The zero-order valence-corrected chi connectivity index (χ0v) is 10.7. The predicted molar refractivity (Wildman–Crippen MR) is 67.9 cm³/mol. The van der Waals surface area contributed by atoms with Gasteiger partial charge in [0.05, 0.1) is 18.7 Å². The van der Waals surface area contributed by atoms with Crippen molar-refractivity contribution in [1.82, 2.24) is 10.9 Å². The van der Waals surface area contributed by atoms with Crippen LogP contribution in [0.25, 0.3) is 0 Å². The van der Waals surface area contributed by atoms with Crippen LogP contribution in [0, 0.1) is 31.1 Å². The minimum Gasteiger partial charge on any atom is -0.493 e. The van der Waals surface area contributed by atoms with Crippen LogP contribution in [0.2, 0.25) is 0 Å². The van der Waals surface area contributed by atoms with Crippen LogP contribution in [-0.4, -0.2) is 12.6 Å². The number of fused-ring (bicyclic) bond motifs is 3. The zero-order valence-electron chi connectivity index (χ0n) is 10.7. The van der Waals surface area contributed by atoms with E-state index in [0.29, 0.717) is 6.61 Å². The fourth-order valence-electron chi connectivity index (χ4n) is 3.07. The molecule has 0 saturated carbocycles. The van der Waals surface area contributed by atoms with Crippen LogP contribution in [0.15, 0.2) is 12.1 Å². The molecule has 4 heteroatoms. The van der Waals surface area contributed by atoms with E-state index in [1.165, 1.54) is 16.7 Å². The number of hydrazine groups is 1. The van der Waals surface area contributed by atoms with Crippen LogP contribution < -0.4 is 15.6 Å². The third kappa shape index (κ3) is 1.67. The monoisotopic (exact) mass is 243 g/mol. The number of hydrogen-bond donors (Lipinski definition) is 2. The Morgan fingerprint density at radius 2 is 2.17 bits per heavy atom. The molecule has 2 N–H and O–H groups in total. The molecule has 94 valence electrons. The molecule has 1 aromatic rings. The molecule has 1 fully saturated rings. The van der Waals surface area contributed by atoms with Crippen LogP contribution >= 0.6 is 0 Å². The molecule has 4 nitrogen and oxygen atoms in total. The Labute approximate surface area is 107 Å². The molecule has 3 unspecified atom stereocenters. The second kappa shape index (κ2) is 4.27. The van der Waals surface area contributed by atoms with Gasteiger partial charge in [0.1, 0.15) is 11.8 Å². The molecule has 2 heterocycles. The van der Waals surface area contributed by atoms with Gasteiger partial charge in [-0.25, -0.2) is 10.9 Å². The largest absolute Gasteiger partial charge is 0.493 e. The summed E-state index contributed by atoms with van der Waals surface area (Å²) in [6, 6.07) is 6.67. The molecule has 3 rings (SSSR count). The van der Waals surface area contributed by atoms with E-state index in [1.807, 2.05) is 0 Å². The van der Waals surface area contributed by atoms with Crippen LogP contribution in [0.1, 0.15) is 29.2 Å². The van der Waals surface area contributed by atoms with Crippen LogP contribution in [0.4, 0.5) is 0 Å². The summed E-state index contributed by atoms with van der Waals surface area (Å²) in [5, 5.41) is 9.16. The number of rotatable bonds is 0. The Bertz CT molecular complexity index is 521. The lowest BCUT2D eigenvalue weighted by Gasteiger charge is -2.18. The van der Waals surface area contributed by atoms with Crippen LogP contribution in [0.3, 0.4) is 0 Å². The van der Waals surface area contributed by atoms with Crippen LogP contribution in [0.5, 0.6) is 5.75 Å². The molecule has 1 aromatic carbocycles. The van der Waals surface area contributed by atoms with Crippen molar-refractivity contribution >= 4 is 0 Å². The van der Waals surface area contributed by atoms with Gasteiger partial charge in [-0.1, -0.05) is 17.7 Å². The van der Waals surface area contributed by atoms with Gasteiger partial charge in [0, 0.05) is 11.5 Å². The van der Waals surface area contributed by atoms with E-state index in [4.69, 9.17) is 10.00 Å². The molecule has 2 aliphatic heterocycles. The Morgan fingerprint density at radius 3 is 2.94 bits per heavy atom. The van der Waals surface area contributed by atoms with Gasteiger partial charge in [0.15, 0.2) is 0 Å². The number of aryl methyl sites for hydroxylation is 2. The fourth-order valence-corrected chi connectivity index (χ4v) is 3.07. The molecule has 18 heavy (non-hydrogen) atoms. The van der Waals surface area contributed by atoms with Gasteiger partial charge in [-0.05, 0) is 25.8 Å². The third-order valence-corrected chi connectivity index (χ3v) is 3.87. The van der Waals surface area contributed by atoms with E-state index in [1.54, 1.807) is 0 Å². The lowest BCUT2D eigenvalue weighted by Crippen LogP contribution is -2.31. The fraction of sp³-hybridized carbons (Fsp3) is 0.500. The molecular weight excluding hydrogens is 226 g/mol. The predicted octanol–water partition coefficient (Wildman–Crippen LogP) is 1.74. The maximum atomic E-state index is 9.16. The van der Waals surface area contributed by atoms with Crippen molar-refractivity contribution in [2.75, 3.05) is 6.61 Å². The van der Waals surface area contributed by atoms with Gasteiger partial charge >= 0.3 is 0 Å². The molecule has 0 bridgehead atoms. The first-order valence-corrected chi connectivity index (χ1v) is 6.35. The van der Waals surface area contributed by atoms with E-state index in [0.717, 1.165) is 12.2 Å². The number of nitrogens with one attached hydrogen (secondary N) is 2. The minimum absolute atomic E-state index is 0.134. The summed E-state index contributed by atoms with van der Waals surface area (Å²) in [5.41, 5.74) is 9.94. The number of hydrogen-bond acceptors (Lipinski definition) is 4. The van der Waals surface area contributed by atoms with Crippen molar-refractivity contribution in [3.05, 3.63) is 28.8 Å². The summed E-state index contributed by atoms with van der Waals surface area (Å²) in [6.45, 7) is 4.85. The Morgan fingerprint density at radius 1 is 1.33 bits per heavy atom. The molecule has 0 aliphatic carbocycles. The van der Waals surface area contributed by atoms with E-state index < -0.39 is 0 Å². The number of nitriles is 1. The van der Waals surface area contributed by atoms with E-state index >= 15 is 0 Å². The molecule has 2 aliphatic rings. The van der Waals surface area contributed by atoms with Crippen molar-refractivity contribution in [2.24, 2.45) is 5.92 Å². The average molecular weight is 243 g/mol. The zero-order chi connectivity index (χ0) is 12.7. The summed E-state index contributed by atoms with van der Waals surface area (Å²) in [4.78, 5) is 0. The first-order valence-electron chi connectivity index (χ1n) is 6.35. The van der Waals surface area contributed by atoms with Crippen molar-refractivity contribution < 1.29 is 4.74 Å². The molecule has 0 spiro atoms. The molecule has 1 saturated heterocycles. The molecule has 0 radical (unpaired) electrons. The average Bonchev–Trinajstić information content (AvgIpc) is 2.65. The number of nitrogens with zero attached hydrogens (tertiary/aromatic N) is 1. The van der Waals surface area contributed by atoms with Gasteiger partial charge in [-0.15, -0.1) is 0 Å². The second-order valence-electron chi connectivity index (χ2n) is 5.17. The maximum Gasteiger partial charge on any atom is 0.127 e. The summed E-state index contributed by atoms with van der Waals surface area (Å²) >= 11 is 0. The number of ether oxygens (including phenoxy) is 1. The summed E-state index contributed by atoms with van der Waals surface area (Å²) in [5.74, 6) is 1.26. The first kappa shape index (κ1) is 11.5. The topological polar surface area (TPSA) is 57.1 Å². The molecule has 3 atom stereocenters. The lowest BCUT2D eigenvalue weighted by atomic mass is 9.87. The molecule has 0 aromatic heterocycles. The van der Waals surface area contributed by atoms with Gasteiger partial charge in [-0.3, -0.25) is 0 Å². The first-order chi connectivity index (χ1) is 8.70. The van der Waals surface area contributed by atoms with Crippen molar-refractivity contribution in [2.45, 2.75) is 32.4 Å². The van der Waals surface area contributed by atoms with Gasteiger partial charge in [0.2, 0.25) is 0 Å². The van der Waals surface area contributed by atoms with Gasteiger partial charge in [0.25, 0.3) is 0 Å². The van der Waals surface area contributed by atoms with E-state index in [9.17, 15) is 0 Å². The normalized spacial score (nSPS) is 29.7.